The number of benzene rings is 1. The molecule has 0 saturated carbocycles. The number of aryl methyl sites for hydroxylation is 1. The largest absolute Gasteiger partial charge is 0.486 e. The molecule has 0 saturated heterocycles. The summed E-state index contributed by atoms with van der Waals surface area (Å²) in [5.74, 6) is 1.84. The fourth-order valence-corrected chi connectivity index (χ4v) is 3.56. The molecule has 0 fully saturated rings. The van der Waals surface area contributed by atoms with Crippen LogP contribution in [0.3, 0.4) is 0 Å². The third-order valence-electron chi connectivity index (χ3n) is 3.78. The first kappa shape index (κ1) is 16.9. The van der Waals surface area contributed by atoms with Crippen LogP contribution < -0.4 is 14.8 Å². The number of carbonyl (C=O) groups is 1. The Morgan fingerprint density at radius 2 is 2.23 bits per heavy atom. The zero-order valence-electron chi connectivity index (χ0n) is 13.9. The van der Waals surface area contributed by atoms with E-state index in [-0.39, 0.29) is 12.3 Å². The lowest BCUT2D eigenvalue weighted by atomic mass is 10.1. The molecule has 0 atom stereocenters. The third-order valence-corrected chi connectivity index (χ3v) is 4.92. The van der Waals surface area contributed by atoms with Crippen LogP contribution in [0.15, 0.2) is 29.6 Å². The molecule has 1 aliphatic rings. The predicted molar refractivity (Wildman–Crippen MR) is 99.1 cm³/mol. The molecule has 1 N–H and O–H groups in total. The van der Waals surface area contributed by atoms with Gasteiger partial charge in [0.2, 0.25) is 11.9 Å². The predicted octanol–water partition coefficient (Wildman–Crippen LogP) is 3.15. The van der Waals surface area contributed by atoms with Crippen LogP contribution >= 0.6 is 22.9 Å². The lowest BCUT2D eigenvalue weighted by Gasteiger charge is -2.20. The number of thiophene rings is 1. The number of halogens is 1. The molecule has 134 valence electrons. The Labute approximate surface area is 158 Å². The van der Waals surface area contributed by atoms with Gasteiger partial charge in [0.05, 0.1) is 16.3 Å². The van der Waals surface area contributed by atoms with Gasteiger partial charge in [0.15, 0.2) is 17.3 Å². The van der Waals surface area contributed by atoms with Crippen LogP contribution in [0.2, 0.25) is 5.02 Å². The van der Waals surface area contributed by atoms with Gasteiger partial charge in [-0.1, -0.05) is 17.7 Å². The molecule has 9 heteroatoms. The maximum atomic E-state index is 12.4. The minimum Gasteiger partial charge on any atom is -0.486 e. The van der Waals surface area contributed by atoms with E-state index in [4.69, 9.17) is 21.1 Å². The lowest BCUT2D eigenvalue weighted by molar-refractivity contribution is -0.115. The van der Waals surface area contributed by atoms with E-state index >= 15 is 0 Å². The van der Waals surface area contributed by atoms with Crippen LogP contribution in [0.1, 0.15) is 5.56 Å². The van der Waals surface area contributed by atoms with Crippen molar-refractivity contribution in [2.75, 3.05) is 18.5 Å². The van der Waals surface area contributed by atoms with E-state index in [1.54, 1.807) is 35.2 Å². The lowest BCUT2D eigenvalue weighted by Crippen LogP contribution is -2.19. The molecule has 3 aromatic rings. The first-order chi connectivity index (χ1) is 12.6. The molecule has 1 aromatic carbocycles. The van der Waals surface area contributed by atoms with Gasteiger partial charge in [-0.2, -0.15) is 4.98 Å². The average molecular weight is 391 g/mol. The van der Waals surface area contributed by atoms with E-state index in [9.17, 15) is 4.79 Å². The molecular weight excluding hydrogens is 376 g/mol. The highest BCUT2D eigenvalue weighted by Gasteiger charge is 2.18. The SMILES string of the molecule is Cn1nc(-c2cccs2)nc1NC(=O)Cc1cc(Cl)c2c(c1)OCCO2. The molecule has 1 amide bonds. The summed E-state index contributed by atoms with van der Waals surface area (Å²) in [6.45, 7) is 0.925. The van der Waals surface area contributed by atoms with Crippen LogP contribution in [0.5, 0.6) is 11.5 Å². The molecule has 7 nitrogen and oxygen atoms in total. The molecule has 2 aromatic heterocycles. The van der Waals surface area contributed by atoms with E-state index in [0.717, 1.165) is 10.4 Å². The molecule has 3 heterocycles. The summed E-state index contributed by atoms with van der Waals surface area (Å²) in [5.41, 5.74) is 0.734. The first-order valence-corrected chi connectivity index (χ1v) is 9.18. The number of rotatable bonds is 4. The fraction of sp³-hybridized carbons (Fsp3) is 0.235. The highest BCUT2D eigenvalue weighted by molar-refractivity contribution is 7.13. The molecule has 4 rings (SSSR count). The summed E-state index contributed by atoms with van der Waals surface area (Å²) >= 11 is 7.76. The fourth-order valence-electron chi connectivity index (χ4n) is 2.62. The summed E-state index contributed by atoms with van der Waals surface area (Å²) in [5, 5.41) is 9.50. The van der Waals surface area contributed by atoms with Crippen molar-refractivity contribution in [3.63, 3.8) is 0 Å². The van der Waals surface area contributed by atoms with Crippen molar-refractivity contribution in [1.82, 2.24) is 14.8 Å². The number of aromatic nitrogens is 3. The summed E-state index contributed by atoms with van der Waals surface area (Å²) in [7, 11) is 1.74. The second-order valence-corrected chi connectivity index (χ2v) is 7.04. The van der Waals surface area contributed by atoms with Gasteiger partial charge in [0.1, 0.15) is 13.2 Å². The number of hydrogen-bond acceptors (Lipinski definition) is 6. The summed E-state index contributed by atoms with van der Waals surface area (Å²) < 4.78 is 12.6. The zero-order valence-corrected chi connectivity index (χ0v) is 15.4. The van der Waals surface area contributed by atoms with E-state index < -0.39 is 0 Å². The maximum Gasteiger partial charge on any atom is 0.231 e. The second kappa shape index (κ2) is 6.97. The van der Waals surface area contributed by atoms with Crippen molar-refractivity contribution in [3.8, 4) is 22.2 Å². The number of ether oxygens (including phenoxy) is 2. The van der Waals surface area contributed by atoms with E-state index in [1.165, 1.54) is 0 Å². The number of carbonyl (C=O) groups excluding carboxylic acids is 1. The topological polar surface area (TPSA) is 78.3 Å². The molecule has 0 radical (unpaired) electrons. The number of anilines is 1. The number of fused-ring (bicyclic) bond motifs is 1. The third kappa shape index (κ3) is 3.38. The van der Waals surface area contributed by atoms with Crippen LogP contribution in [0.4, 0.5) is 5.95 Å². The van der Waals surface area contributed by atoms with Gasteiger partial charge < -0.3 is 9.47 Å². The standard InChI is InChI=1S/C17H15ClN4O3S/c1-22-17(20-16(21-22)13-3-2-6-26-13)19-14(23)9-10-7-11(18)15-12(8-10)24-4-5-25-15/h2-3,6-8H,4-5,9H2,1H3,(H,19,20,21,23). The molecule has 0 bridgehead atoms. The molecule has 0 aliphatic carbocycles. The van der Waals surface area contributed by atoms with E-state index in [2.05, 4.69) is 15.4 Å². The molecular formula is C17H15ClN4O3S. The highest BCUT2D eigenvalue weighted by Crippen LogP contribution is 2.38. The normalized spacial score (nSPS) is 12.8. The number of amides is 1. The zero-order chi connectivity index (χ0) is 18.1. The highest BCUT2D eigenvalue weighted by atomic mass is 35.5. The minimum atomic E-state index is -0.217. The van der Waals surface area contributed by atoms with Gasteiger partial charge >= 0.3 is 0 Å². The Morgan fingerprint density at radius 1 is 1.38 bits per heavy atom. The summed E-state index contributed by atoms with van der Waals surface area (Å²) in [6, 6.07) is 7.35. The van der Waals surface area contributed by atoms with Crippen molar-refractivity contribution in [3.05, 3.63) is 40.2 Å². The van der Waals surface area contributed by atoms with Gasteiger partial charge in [-0.05, 0) is 29.1 Å². The molecule has 26 heavy (non-hydrogen) atoms. The second-order valence-electron chi connectivity index (χ2n) is 5.69. The van der Waals surface area contributed by atoms with Gasteiger partial charge in [-0.3, -0.25) is 10.1 Å². The summed E-state index contributed by atoms with van der Waals surface area (Å²) in [4.78, 5) is 17.7. The van der Waals surface area contributed by atoms with Gasteiger partial charge in [-0.15, -0.1) is 16.4 Å². The summed E-state index contributed by atoms with van der Waals surface area (Å²) in [6.07, 6.45) is 0.136. The quantitative estimate of drug-likeness (QED) is 0.740. The number of nitrogens with one attached hydrogen (secondary N) is 1. The monoisotopic (exact) mass is 390 g/mol. The Kier molecular flexibility index (Phi) is 4.52. The molecule has 0 unspecified atom stereocenters. The van der Waals surface area contributed by atoms with Crippen molar-refractivity contribution in [2.45, 2.75) is 6.42 Å². The van der Waals surface area contributed by atoms with Crippen molar-refractivity contribution in [2.24, 2.45) is 7.05 Å². The van der Waals surface area contributed by atoms with Gasteiger partial charge in [-0.25, -0.2) is 4.68 Å². The smallest absolute Gasteiger partial charge is 0.231 e. The molecule has 0 spiro atoms. The number of nitrogens with zero attached hydrogens (tertiary/aromatic N) is 3. The van der Waals surface area contributed by atoms with Gasteiger partial charge in [0, 0.05) is 7.05 Å². The first-order valence-electron chi connectivity index (χ1n) is 7.93. The maximum absolute atomic E-state index is 12.4. The van der Waals surface area contributed by atoms with Crippen LogP contribution in [0, 0.1) is 0 Å². The van der Waals surface area contributed by atoms with E-state index in [0.29, 0.717) is 41.5 Å². The Bertz CT molecular complexity index is 955. The van der Waals surface area contributed by atoms with Crippen molar-refractivity contribution in [1.29, 1.82) is 0 Å². The molecule has 1 aliphatic heterocycles. The van der Waals surface area contributed by atoms with Gasteiger partial charge in [0.25, 0.3) is 0 Å². The Balaban J connectivity index is 1.49. The Morgan fingerprint density at radius 3 is 3.04 bits per heavy atom. The van der Waals surface area contributed by atoms with Crippen molar-refractivity contribution < 1.29 is 14.3 Å². The van der Waals surface area contributed by atoms with Crippen LogP contribution in [-0.4, -0.2) is 33.9 Å². The average Bonchev–Trinajstić information content (AvgIpc) is 3.25. The Hall–Kier alpha value is -2.58. The van der Waals surface area contributed by atoms with E-state index in [1.807, 2.05) is 17.5 Å². The van der Waals surface area contributed by atoms with Crippen molar-refractivity contribution >= 4 is 34.8 Å². The number of hydrogen-bond donors (Lipinski definition) is 1. The van der Waals surface area contributed by atoms with Crippen LogP contribution in [-0.2, 0) is 18.3 Å². The van der Waals surface area contributed by atoms with Crippen LogP contribution in [0.25, 0.3) is 10.7 Å². The minimum absolute atomic E-state index is 0.136.